The fourth-order valence-corrected chi connectivity index (χ4v) is 2.58. The minimum atomic E-state index is -4.99. The second-order valence-corrected chi connectivity index (χ2v) is 5.33. The van der Waals surface area contributed by atoms with Crippen molar-refractivity contribution < 1.29 is 30.7 Å². The van der Waals surface area contributed by atoms with Crippen LogP contribution in [0.5, 0.6) is 0 Å². The van der Waals surface area contributed by atoms with Gasteiger partial charge in [0.05, 0.1) is 22.7 Å². The van der Waals surface area contributed by atoms with E-state index in [0.29, 0.717) is 6.07 Å². The zero-order valence-electron chi connectivity index (χ0n) is 11.3. The number of halogens is 7. The van der Waals surface area contributed by atoms with Crippen molar-refractivity contribution in [2.24, 2.45) is 0 Å². The number of hydrogen-bond donors (Lipinski definition) is 2. The molecule has 1 aliphatic heterocycles. The third-order valence-electron chi connectivity index (χ3n) is 3.64. The molecule has 23 heavy (non-hydrogen) atoms. The van der Waals surface area contributed by atoms with Gasteiger partial charge < -0.3 is 10.3 Å². The highest BCUT2D eigenvalue weighted by Crippen LogP contribution is 2.40. The molecule has 0 radical (unpaired) electrons. The zero-order valence-corrected chi connectivity index (χ0v) is 11.3. The van der Waals surface area contributed by atoms with Crippen LogP contribution >= 0.6 is 0 Å². The molecule has 0 amide bonds. The van der Waals surface area contributed by atoms with Crippen LogP contribution in [0.4, 0.5) is 30.7 Å². The Morgan fingerprint density at radius 1 is 1.04 bits per heavy atom. The van der Waals surface area contributed by atoms with Crippen LogP contribution in [0.1, 0.15) is 29.4 Å². The first kappa shape index (κ1) is 16.0. The highest BCUT2D eigenvalue weighted by Gasteiger charge is 2.39. The summed E-state index contributed by atoms with van der Waals surface area (Å²) in [5.74, 6) is -0.00928. The van der Waals surface area contributed by atoms with Gasteiger partial charge in [0, 0.05) is 13.0 Å². The summed E-state index contributed by atoms with van der Waals surface area (Å²) < 4.78 is 90.6. The predicted octanol–water partition coefficient (Wildman–Crippen LogP) is 3.97. The molecule has 2 atom stereocenters. The van der Waals surface area contributed by atoms with Crippen LogP contribution in [-0.4, -0.2) is 22.7 Å². The summed E-state index contributed by atoms with van der Waals surface area (Å²) in [6.45, 7) is 0.0155. The average molecular weight is 341 g/mol. The predicted molar refractivity (Wildman–Crippen MR) is 66.4 cm³/mol. The van der Waals surface area contributed by atoms with Gasteiger partial charge in [-0.15, -0.1) is 0 Å². The van der Waals surface area contributed by atoms with E-state index in [0.717, 1.165) is 0 Å². The summed E-state index contributed by atoms with van der Waals surface area (Å²) in [6.07, 6.45) is -11.1. The summed E-state index contributed by atoms with van der Waals surface area (Å²) in [4.78, 5) is 6.19. The Morgan fingerprint density at radius 2 is 1.74 bits per heavy atom. The Kier molecular flexibility index (Phi) is 3.54. The van der Waals surface area contributed by atoms with Gasteiger partial charge in [-0.25, -0.2) is 9.37 Å². The first-order chi connectivity index (χ1) is 10.6. The average Bonchev–Trinajstić information content (AvgIpc) is 3.00. The van der Waals surface area contributed by atoms with E-state index in [1.54, 1.807) is 0 Å². The second-order valence-electron chi connectivity index (χ2n) is 5.33. The van der Waals surface area contributed by atoms with Gasteiger partial charge in [0.1, 0.15) is 17.5 Å². The van der Waals surface area contributed by atoms with E-state index in [-0.39, 0.29) is 30.4 Å². The number of imidazole rings is 1. The van der Waals surface area contributed by atoms with Gasteiger partial charge in [0.15, 0.2) is 0 Å². The molecular weight excluding hydrogens is 331 g/mol. The quantitative estimate of drug-likeness (QED) is 0.771. The lowest BCUT2D eigenvalue weighted by Crippen LogP contribution is -2.15. The van der Waals surface area contributed by atoms with Gasteiger partial charge >= 0.3 is 12.4 Å². The molecule has 1 saturated heterocycles. The van der Waals surface area contributed by atoms with Crippen LogP contribution < -0.4 is 5.32 Å². The van der Waals surface area contributed by atoms with E-state index >= 15 is 0 Å². The maximum absolute atomic E-state index is 13.2. The Labute approximate surface area is 124 Å². The second kappa shape index (κ2) is 5.08. The minimum absolute atomic E-state index is 0.00665. The number of H-pyrrole nitrogens is 1. The molecule has 126 valence electrons. The molecule has 0 bridgehead atoms. The maximum atomic E-state index is 13.2. The first-order valence-electron chi connectivity index (χ1n) is 6.61. The van der Waals surface area contributed by atoms with Gasteiger partial charge in [-0.1, -0.05) is 0 Å². The normalized spacial score (nSPS) is 22.9. The summed E-state index contributed by atoms with van der Waals surface area (Å²) in [5.41, 5.74) is -3.88. The zero-order chi connectivity index (χ0) is 17.0. The molecule has 2 aromatic rings. The molecule has 0 saturated carbocycles. The summed E-state index contributed by atoms with van der Waals surface area (Å²) >= 11 is 0. The minimum Gasteiger partial charge on any atom is -0.341 e. The third-order valence-corrected chi connectivity index (χ3v) is 3.64. The number of hydrogen-bond acceptors (Lipinski definition) is 2. The highest BCUT2D eigenvalue weighted by molar-refractivity contribution is 5.80. The Hall–Kier alpha value is -1.84. The van der Waals surface area contributed by atoms with Crippen LogP contribution in [-0.2, 0) is 12.4 Å². The number of rotatable bonds is 1. The summed E-state index contributed by atoms with van der Waals surface area (Å²) in [6, 6.07) is -0.0523. The maximum Gasteiger partial charge on any atom is 0.418 e. The lowest BCUT2D eigenvalue weighted by molar-refractivity contribution is -0.142. The third kappa shape index (κ3) is 2.99. The van der Waals surface area contributed by atoms with E-state index in [1.165, 1.54) is 0 Å². The SMILES string of the molecule is F[C@H]1CN[C@@H](c2nc3c(C(F)(F)F)cc(C(F)(F)F)cc3[nH]2)C1. The largest absolute Gasteiger partial charge is 0.418 e. The van der Waals surface area contributed by atoms with Gasteiger partial charge in [-0.2, -0.15) is 26.3 Å². The standard InChI is InChI=1S/C13H10F7N3/c14-6-3-9(21-4-6)11-22-8-2-5(12(15,16)17)1-7(10(8)23-11)13(18,19)20/h1-2,6,9,21H,3-4H2,(H,22,23)/t6-,9-/m1/s1. The molecule has 0 unspecified atom stereocenters. The molecule has 10 heteroatoms. The molecule has 1 aromatic carbocycles. The van der Waals surface area contributed by atoms with Crippen molar-refractivity contribution in [3.63, 3.8) is 0 Å². The van der Waals surface area contributed by atoms with Crippen molar-refractivity contribution in [3.8, 4) is 0 Å². The van der Waals surface area contributed by atoms with E-state index in [1.807, 2.05) is 0 Å². The molecule has 1 aromatic heterocycles. The van der Waals surface area contributed by atoms with Gasteiger partial charge in [0.25, 0.3) is 0 Å². The van der Waals surface area contributed by atoms with Gasteiger partial charge in [0.2, 0.25) is 0 Å². The van der Waals surface area contributed by atoms with Crippen molar-refractivity contribution in [2.75, 3.05) is 6.54 Å². The molecule has 1 aliphatic rings. The van der Waals surface area contributed by atoms with Crippen molar-refractivity contribution in [1.82, 2.24) is 15.3 Å². The molecule has 0 aliphatic carbocycles. The lowest BCUT2D eigenvalue weighted by atomic mass is 10.1. The van der Waals surface area contributed by atoms with Crippen molar-refractivity contribution in [3.05, 3.63) is 29.1 Å². The van der Waals surface area contributed by atoms with E-state index < -0.39 is 41.2 Å². The van der Waals surface area contributed by atoms with E-state index in [2.05, 4.69) is 15.3 Å². The van der Waals surface area contributed by atoms with Crippen LogP contribution in [0.2, 0.25) is 0 Å². The fourth-order valence-electron chi connectivity index (χ4n) is 2.58. The first-order valence-corrected chi connectivity index (χ1v) is 6.61. The molecular formula is C13H10F7N3. The number of fused-ring (bicyclic) bond motifs is 1. The van der Waals surface area contributed by atoms with Gasteiger partial charge in [-0.3, -0.25) is 0 Å². The van der Waals surface area contributed by atoms with Crippen molar-refractivity contribution in [1.29, 1.82) is 0 Å². The lowest BCUT2D eigenvalue weighted by Gasteiger charge is -2.11. The highest BCUT2D eigenvalue weighted by atomic mass is 19.4. The summed E-state index contributed by atoms with van der Waals surface area (Å²) in [7, 11) is 0. The molecule has 1 fully saturated rings. The number of aromatic nitrogens is 2. The number of nitrogens with zero attached hydrogens (tertiary/aromatic N) is 1. The number of alkyl halides is 7. The monoisotopic (exact) mass is 341 g/mol. The number of benzene rings is 1. The van der Waals surface area contributed by atoms with Crippen molar-refractivity contribution in [2.45, 2.75) is 31.0 Å². The van der Waals surface area contributed by atoms with Crippen molar-refractivity contribution >= 4 is 11.0 Å². The molecule has 3 rings (SSSR count). The molecule has 0 spiro atoms. The Morgan fingerprint density at radius 3 is 2.26 bits per heavy atom. The number of nitrogens with one attached hydrogen (secondary N) is 2. The Balaban J connectivity index is 2.16. The Bertz CT molecular complexity index is 731. The van der Waals surface area contributed by atoms with E-state index in [4.69, 9.17) is 0 Å². The van der Waals surface area contributed by atoms with Gasteiger partial charge in [-0.05, 0) is 12.1 Å². The fraction of sp³-hybridized carbons (Fsp3) is 0.462. The molecule has 3 nitrogen and oxygen atoms in total. The van der Waals surface area contributed by atoms with E-state index in [9.17, 15) is 30.7 Å². The number of aromatic amines is 1. The van der Waals surface area contributed by atoms with Crippen LogP contribution in [0.25, 0.3) is 11.0 Å². The van der Waals surface area contributed by atoms with Crippen LogP contribution in [0.15, 0.2) is 12.1 Å². The summed E-state index contributed by atoms with van der Waals surface area (Å²) in [5, 5.41) is 2.71. The van der Waals surface area contributed by atoms with Crippen LogP contribution in [0, 0.1) is 0 Å². The van der Waals surface area contributed by atoms with Crippen LogP contribution in [0.3, 0.4) is 0 Å². The molecule has 2 heterocycles. The topological polar surface area (TPSA) is 40.7 Å². The smallest absolute Gasteiger partial charge is 0.341 e. The molecule has 2 N–H and O–H groups in total.